The van der Waals surface area contributed by atoms with Gasteiger partial charge in [0.2, 0.25) is 15.0 Å². The van der Waals surface area contributed by atoms with E-state index in [0.717, 1.165) is 5.01 Å². The van der Waals surface area contributed by atoms with Crippen LogP contribution in [-0.4, -0.2) is 58.4 Å². The van der Waals surface area contributed by atoms with Crippen LogP contribution in [0.4, 0.5) is 0 Å². The molecule has 1 fully saturated rings. The molecule has 148 valence electrons. The average molecular weight is 440 g/mol. The third-order valence-corrected chi connectivity index (χ3v) is 7.79. The number of nitrogens with zero attached hydrogens (tertiary/aromatic N) is 5. The van der Waals surface area contributed by atoms with Crippen LogP contribution in [0.1, 0.15) is 10.7 Å². The van der Waals surface area contributed by atoms with Gasteiger partial charge in [-0.2, -0.15) is 13.9 Å². The van der Waals surface area contributed by atoms with Gasteiger partial charge in [-0.05, 0) is 19.1 Å². The Morgan fingerprint density at radius 1 is 1.18 bits per heavy atom. The Labute approximate surface area is 171 Å². The van der Waals surface area contributed by atoms with Crippen molar-refractivity contribution in [3.63, 3.8) is 0 Å². The quantitative estimate of drug-likeness (QED) is 0.613. The molecule has 0 amide bonds. The van der Waals surface area contributed by atoms with Gasteiger partial charge in [-0.1, -0.05) is 35.1 Å². The second-order valence-electron chi connectivity index (χ2n) is 6.51. The zero-order valence-electron chi connectivity index (χ0n) is 15.1. The highest BCUT2D eigenvalue weighted by Crippen LogP contribution is 2.25. The van der Waals surface area contributed by atoms with Crippen LogP contribution in [0.2, 0.25) is 5.02 Å². The van der Waals surface area contributed by atoms with Crippen molar-refractivity contribution in [3.05, 3.63) is 56.4 Å². The van der Waals surface area contributed by atoms with Crippen molar-refractivity contribution < 1.29 is 8.42 Å². The summed E-state index contributed by atoms with van der Waals surface area (Å²) in [5, 5.41) is 5.14. The van der Waals surface area contributed by atoms with Crippen LogP contribution < -0.4 is 5.56 Å². The van der Waals surface area contributed by atoms with E-state index < -0.39 is 10.0 Å². The highest BCUT2D eigenvalue weighted by Gasteiger charge is 2.30. The first kappa shape index (κ1) is 19.5. The van der Waals surface area contributed by atoms with Crippen molar-refractivity contribution in [1.29, 1.82) is 0 Å². The molecule has 3 aromatic rings. The van der Waals surface area contributed by atoms with Gasteiger partial charge >= 0.3 is 0 Å². The van der Waals surface area contributed by atoms with Gasteiger partial charge in [0.1, 0.15) is 9.90 Å². The third kappa shape index (κ3) is 3.70. The molecular weight excluding hydrogens is 422 g/mol. The molecule has 1 aromatic carbocycles. The predicted molar refractivity (Wildman–Crippen MR) is 107 cm³/mol. The van der Waals surface area contributed by atoms with Gasteiger partial charge in [0.15, 0.2) is 0 Å². The standard InChI is InChI=1S/C17H18ClN5O3S2/c1-12-20-23-16(24)10-13(19-17(23)27-12)11-21-6-8-22(9-7-21)28(25,26)15-5-3-2-4-14(15)18/h2-5,10H,6-9,11H2,1H3. The molecular formula is C17H18ClN5O3S2. The van der Waals surface area contributed by atoms with E-state index in [4.69, 9.17) is 11.6 Å². The topological polar surface area (TPSA) is 87.9 Å². The van der Waals surface area contributed by atoms with E-state index in [1.54, 1.807) is 18.2 Å². The van der Waals surface area contributed by atoms with Gasteiger partial charge < -0.3 is 0 Å². The minimum Gasteiger partial charge on any atom is -0.295 e. The first-order valence-electron chi connectivity index (χ1n) is 8.68. The summed E-state index contributed by atoms with van der Waals surface area (Å²) in [6.45, 7) is 4.13. The van der Waals surface area contributed by atoms with Crippen molar-refractivity contribution >= 4 is 37.9 Å². The van der Waals surface area contributed by atoms with Crippen LogP contribution in [0.3, 0.4) is 0 Å². The summed E-state index contributed by atoms with van der Waals surface area (Å²) < 4.78 is 28.4. The molecule has 0 bridgehead atoms. The highest BCUT2D eigenvalue weighted by atomic mass is 35.5. The lowest BCUT2D eigenvalue weighted by atomic mass is 10.3. The molecule has 0 radical (unpaired) electrons. The molecule has 8 nitrogen and oxygen atoms in total. The van der Waals surface area contributed by atoms with Gasteiger partial charge in [-0.15, -0.1) is 0 Å². The summed E-state index contributed by atoms with van der Waals surface area (Å²) in [5.41, 5.74) is 0.459. The van der Waals surface area contributed by atoms with Crippen molar-refractivity contribution in [2.75, 3.05) is 26.2 Å². The van der Waals surface area contributed by atoms with E-state index in [0.29, 0.717) is 43.4 Å². The lowest BCUT2D eigenvalue weighted by molar-refractivity contribution is 0.180. The largest absolute Gasteiger partial charge is 0.295 e. The van der Waals surface area contributed by atoms with E-state index in [1.165, 1.54) is 32.3 Å². The fourth-order valence-corrected chi connectivity index (χ4v) is 5.87. The number of benzene rings is 1. The minimum absolute atomic E-state index is 0.130. The van der Waals surface area contributed by atoms with E-state index >= 15 is 0 Å². The zero-order chi connectivity index (χ0) is 19.9. The van der Waals surface area contributed by atoms with Crippen LogP contribution in [0.5, 0.6) is 0 Å². The maximum Gasteiger partial charge on any atom is 0.275 e. The Morgan fingerprint density at radius 2 is 1.89 bits per heavy atom. The number of halogens is 1. The summed E-state index contributed by atoms with van der Waals surface area (Å²) >= 11 is 7.44. The Hall–Kier alpha value is -1.85. The van der Waals surface area contributed by atoms with E-state index in [1.807, 2.05) is 6.92 Å². The molecule has 0 N–H and O–H groups in total. The normalized spacial score (nSPS) is 16.6. The highest BCUT2D eigenvalue weighted by molar-refractivity contribution is 7.89. The van der Waals surface area contributed by atoms with E-state index in [2.05, 4.69) is 15.0 Å². The summed E-state index contributed by atoms with van der Waals surface area (Å²) in [4.78, 5) is 19.5. The first-order chi connectivity index (χ1) is 13.3. The number of sulfonamides is 1. The van der Waals surface area contributed by atoms with Gasteiger partial charge in [0, 0.05) is 38.8 Å². The first-order valence-corrected chi connectivity index (χ1v) is 11.3. The molecule has 0 aliphatic carbocycles. The van der Waals surface area contributed by atoms with Crippen molar-refractivity contribution in [3.8, 4) is 0 Å². The average Bonchev–Trinajstić information content (AvgIpc) is 3.03. The monoisotopic (exact) mass is 439 g/mol. The van der Waals surface area contributed by atoms with Crippen LogP contribution in [0.25, 0.3) is 4.96 Å². The number of hydrogen-bond donors (Lipinski definition) is 0. The predicted octanol–water partition coefficient (Wildman–Crippen LogP) is 1.62. The molecule has 1 aliphatic heterocycles. The maximum atomic E-state index is 12.8. The maximum absolute atomic E-state index is 12.8. The molecule has 0 atom stereocenters. The number of aromatic nitrogens is 3. The molecule has 4 rings (SSSR count). The molecule has 2 aromatic heterocycles. The molecule has 0 unspecified atom stereocenters. The summed E-state index contributed by atoms with van der Waals surface area (Å²) in [6, 6.07) is 7.95. The molecule has 1 aliphatic rings. The van der Waals surface area contributed by atoms with E-state index in [-0.39, 0.29) is 15.5 Å². The zero-order valence-corrected chi connectivity index (χ0v) is 17.5. The number of hydrogen-bond acceptors (Lipinski definition) is 7. The number of aryl methyl sites for hydroxylation is 1. The van der Waals surface area contributed by atoms with Crippen LogP contribution in [-0.2, 0) is 16.6 Å². The molecule has 11 heteroatoms. The summed E-state index contributed by atoms with van der Waals surface area (Å²) in [7, 11) is -3.62. The molecule has 3 heterocycles. The smallest absolute Gasteiger partial charge is 0.275 e. The number of rotatable bonds is 4. The van der Waals surface area contributed by atoms with Gasteiger partial charge in [-0.3, -0.25) is 9.69 Å². The van der Waals surface area contributed by atoms with Gasteiger partial charge in [0.05, 0.1) is 10.7 Å². The summed E-state index contributed by atoms with van der Waals surface area (Å²) in [5.74, 6) is 0. The molecule has 1 saturated heterocycles. The number of piperazine rings is 1. The van der Waals surface area contributed by atoms with Crippen molar-refractivity contribution in [2.24, 2.45) is 0 Å². The second kappa shape index (κ2) is 7.53. The molecule has 0 saturated carbocycles. The molecule has 0 spiro atoms. The van der Waals surface area contributed by atoms with Crippen molar-refractivity contribution in [1.82, 2.24) is 23.8 Å². The number of fused-ring (bicyclic) bond motifs is 1. The second-order valence-corrected chi connectivity index (χ2v) is 9.99. The lowest BCUT2D eigenvalue weighted by Crippen LogP contribution is -2.48. The van der Waals surface area contributed by atoms with Gasteiger partial charge in [0.25, 0.3) is 5.56 Å². The van der Waals surface area contributed by atoms with Crippen LogP contribution >= 0.6 is 22.9 Å². The summed E-state index contributed by atoms with van der Waals surface area (Å²) in [6.07, 6.45) is 0. The van der Waals surface area contributed by atoms with E-state index in [9.17, 15) is 13.2 Å². The Kier molecular flexibility index (Phi) is 5.23. The SMILES string of the molecule is Cc1nn2c(=O)cc(CN3CCN(S(=O)(=O)c4ccccc4Cl)CC3)nc2s1. The van der Waals surface area contributed by atoms with Crippen LogP contribution in [0, 0.1) is 6.92 Å². The fourth-order valence-electron chi connectivity index (χ4n) is 3.18. The third-order valence-electron chi connectivity index (χ3n) is 4.57. The van der Waals surface area contributed by atoms with Crippen LogP contribution in [0.15, 0.2) is 40.0 Å². The Balaban J connectivity index is 1.46. The van der Waals surface area contributed by atoms with Crippen molar-refractivity contribution in [2.45, 2.75) is 18.4 Å². The minimum atomic E-state index is -3.62. The fraction of sp³-hybridized carbons (Fsp3) is 0.353. The van der Waals surface area contributed by atoms with Gasteiger partial charge in [-0.25, -0.2) is 13.4 Å². The Bertz CT molecular complexity index is 1180. The Morgan fingerprint density at radius 3 is 2.61 bits per heavy atom. The molecule has 28 heavy (non-hydrogen) atoms. The lowest BCUT2D eigenvalue weighted by Gasteiger charge is -2.33.